The van der Waals surface area contributed by atoms with E-state index in [-0.39, 0.29) is 12.5 Å². The summed E-state index contributed by atoms with van der Waals surface area (Å²) < 4.78 is 44.1. The highest BCUT2D eigenvalue weighted by Gasteiger charge is 2.30. The highest BCUT2D eigenvalue weighted by atomic mass is 19.4. The molecule has 9 heteroatoms. The number of carbonyl (C=O) groups excluding carboxylic acids is 2. The Morgan fingerprint density at radius 1 is 1.10 bits per heavy atom. The van der Waals surface area contributed by atoms with Crippen LogP contribution in [0, 0.1) is 0 Å². The van der Waals surface area contributed by atoms with Crippen molar-refractivity contribution < 1.29 is 27.5 Å². The van der Waals surface area contributed by atoms with Crippen molar-refractivity contribution in [2.24, 2.45) is 0 Å². The summed E-state index contributed by atoms with van der Waals surface area (Å²) in [5, 5.41) is 0. The number of alkyl halides is 3. The molecular weight excluding hydrogens is 411 g/mol. The molecule has 1 heterocycles. The number of likely N-dealkylation sites (N-methyl/N-ethyl adjacent to an activating group) is 1. The molecule has 1 aliphatic heterocycles. The number of amides is 2. The Kier molecular flexibility index (Phi) is 6.84. The van der Waals surface area contributed by atoms with E-state index in [1.54, 1.807) is 30.3 Å². The number of carbonyl (C=O) groups is 2. The first kappa shape index (κ1) is 22.6. The number of benzene rings is 2. The first-order chi connectivity index (χ1) is 14.6. The summed E-state index contributed by atoms with van der Waals surface area (Å²) in [5.74, 6) is -0.296. The molecular formula is C22H24F3N3O3. The Morgan fingerprint density at radius 2 is 1.81 bits per heavy atom. The Balaban J connectivity index is 1.79. The zero-order valence-electron chi connectivity index (χ0n) is 17.4. The second-order valence-electron chi connectivity index (χ2n) is 7.54. The molecule has 0 saturated carbocycles. The van der Waals surface area contributed by atoms with Crippen molar-refractivity contribution in [1.82, 2.24) is 9.80 Å². The summed E-state index contributed by atoms with van der Waals surface area (Å²) >= 11 is 0. The average molecular weight is 435 g/mol. The Bertz CT molecular complexity index is 930. The van der Waals surface area contributed by atoms with Gasteiger partial charge in [0.2, 0.25) is 0 Å². The van der Waals surface area contributed by atoms with Crippen molar-refractivity contribution in [3.8, 4) is 0 Å². The molecule has 0 N–H and O–H groups in total. The van der Waals surface area contributed by atoms with E-state index in [2.05, 4.69) is 0 Å². The topological polar surface area (TPSA) is 53.1 Å². The van der Waals surface area contributed by atoms with Gasteiger partial charge in [-0.05, 0) is 56.1 Å². The number of hydrogen-bond acceptors (Lipinski definition) is 4. The van der Waals surface area contributed by atoms with Gasteiger partial charge in [-0.15, -0.1) is 0 Å². The van der Waals surface area contributed by atoms with E-state index in [0.717, 1.165) is 12.1 Å². The third-order valence-corrected chi connectivity index (χ3v) is 4.92. The Labute approximate surface area is 178 Å². The Morgan fingerprint density at radius 3 is 2.39 bits per heavy atom. The van der Waals surface area contributed by atoms with Gasteiger partial charge in [0.1, 0.15) is 6.61 Å². The van der Waals surface area contributed by atoms with Crippen LogP contribution in [0.4, 0.5) is 23.7 Å². The van der Waals surface area contributed by atoms with Crippen LogP contribution in [-0.4, -0.2) is 62.1 Å². The van der Waals surface area contributed by atoms with E-state index >= 15 is 0 Å². The summed E-state index contributed by atoms with van der Waals surface area (Å²) in [7, 11) is 3.72. The van der Waals surface area contributed by atoms with E-state index in [9.17, 15) is 22.8 Å². The number of cyclic esters (lactones) is 1. The molecule has 6 nitrogen and oxygen atoms in total. The maximum atomic E-state index is 13.1. The van der Waals surface area contributed by atoms with E-state index in [0.29, 0.717) is 43.1 Å². The maximum Gasteiger partial charge on any atom is 0.416 e. The molecule has 0 radical (unpaired) electrons. The van der Waals surface area contributed by atoms with Gasteiger partial charge in [0, 0.05) is 30.9 Å². The van der Waals surface area contributed by atoms with Gasteiger partial charge in [-0.25, -0.2) is 4.79 Å². The number of ether oxygens (including phenoxy) is 1. The fraction of sp³-hybridized carbons (Fsp3) is 0.364. The molecule has 3 rings (SSSR count). The van der Waals surface area contributed by atoms with Crippen LogP contribution < -0.4 is 4.90 Å². The SMILES string of the molecule is CN(C)CCN(Cc1cccc(C(F)(F)F)c1)C(=O)c1ccc(N2CCOC2=O)cc1. The first-order valence-corrected chi connectivity index (χ1v) is 9.79. The van der Waals surface area contributed by atoms with Crippen LogP contribution in [0.3, 0.4) is 0 Å². The maximum absolute atomic E-state index is 13.1. The monoisotopic (exact) mass is 435 g/mol. The molecule has 2 amide bonds. The third-order valence-electron chi connectivity index (χ3n) is 4.92. The highest BCUT2D eigenvalue weighted by molar-refractivity contribution is 5.95. The average Bonchev–Trinajstić information content (AvgIpc) is 3.16. The molecule has 1 fully saturated rings. The number of halogens is 3. The van der Waals surface area contributed by atoms with Crippen molar-refractivity contribution in [2.45, 2.75) is 12.7 Å². The molecule has 0 atom stereocenters. The smallest absolute Gasteiger partial charge is 0.416 e. The van der Waals surface area contributed by atoms with Gasteiger partial charge in [0.25, 0.3) is 5.91 Å². The van der Waals surface area contributed by atoms with Crippen LogP contribution in [0.15, 0.2) is 48.5 Å². The van der Waals surface area contributed by atoms with E-state index in [4.69, 9.17) is 4.74 Å². The summed E-state index contributed by atoms with van der Waals surface area (Å²) in [6, 6.07) is 11.5. The second kappa shape index (κ2) is 9.38. The van der Waals surface area contributed by atoms with Crippen molar-refractivity contribution in [3.05, 3.63) is 65.2 Å². The fourth-order valence-electron chi connectivity index (χ4n) is 3.23. The van der Waals surface area contributed by atoms with Gasteiger partial charge < -0.3 is 14.5 Å². The lowest BCUT2D eigenvalue weighted by Gasteiger charge is -2.25. The molecule has 0 unspecified atom stereocenters. The van der Waals surface area contributed by atoms with Crippen molar-refractivity contribution in [1.29, 1.82) is 0 Å². The van der Waals surface area contributed by atoms with Crippen LogP contribution in [0.5, 0.6) is 0 Å². The highest BCUT2D eigenvalue weighted by Crippen LogP contribution is 2.30. The summed E-state index contributed by atoms with van der Waals surface area (Å²) in [6.45, 7) is 1.72. The minimum atomic E-state index is -4.44. The Hall–Kier alpha value is -3.07. The molecule has 2 aromatic carbocycles. The quantitative estimate of drug-likeness (QED) is 0.663. The van der Waals surface area contributed by atoms with Crippen molar-refractivity contribution >= 4 is 17.7 Å². The fourth-order valence-corrected chi connectivity index (χ4v) is 3.23. The molecule has 0 aliphatic carbocycles. The van der Waals surface area contributed by atoms with Gasteiger partial charge >= 0.3 is 12.3 Å². The van der Waals surface area contributed by atoms with Crippen LogP contribution in [0.25, 0.3) is 0 Å². The predicted molar refractivity (Wildman–Crippen MR) is 110 cm³/mol. The van der Waals surface area contributed by atoms with E-state index < -0.39 is 17.8 Å². The van der Waals surface area contributed by atoms with Crippen LogP contribution >= 0.6 is 0 Å². The molecule has 2 aromatic rings. The van der Waals surface area contributed by atoms with Gasteiger partial charge in [-0.3, -0.25) is 9.69 Å². The number of hydrogen-bond donors (Lipinski definition) is 0. The number of nitrogens with zero attached hydrogens (tertiary/aromatic N) is 3. The number of rotatable bonds is 7. The molecule has 0 aromatic heterocycles. The van der Waals surface area contributed by atoms with Crippen molar-refractivity contribution in [3.63, 3.8) is 0 Å². The summed E-state index contributed by atoms with van der Waals surface area (Å²) in [6.07, 6.45) is -4.88. The molecule has 1 aliphatic rings. The molecule has 0 spiro atoms. The minimum Gasteiger partial charge on any atom is -0.447 e. The third kappa shape index (κ3) is 5.75. The minimum absolute atomic E-state index is 0.0524. The van der Waals surface area contributed by atoms with Crippen LogP contribution in [0.1, 0.15) is 21.5 Å². The van der Waals surface area contributed by atoms with Crippen LogP contribution in [-0.2, 0) is 17.5 Å². The lowest BCUT2D eigenvalue weighted by Crippen LogP contribution is -2.36. The largest absolute Gasteiger partial charge is 0.447 e. The normalized spacial score (nSPS) is 14.1. The van der Waals surface area contributed by atoms with E-state index in [1.165, 1.54) is 15.9 Å². The predicted octanol–water partition coefficient (Wildman–Crippen LogP) is 3.87. The van der Waals surface area contributed by atoms with Gasteiger partial charge in [0.05, 0.1) is 12.1 Å². The lowest BCUT2D eigenvalue weighted by molar-refractivity contribution is -0.137. The van der Waals surface area contributed by atoms with Crippen molar-refractivity contribution in [2.75, 3.05) is 45.2 Å². The van der Waals surface area contributed by atoms with E-state index in [1.807, 2.05) is 19.0 Å². The van der Waals surface area contributed by atoms with Crippen LogP contribution in [0.2, 0.25) is 0 Å². The first-order valence-electron chi connectivity index (χ1n) is 9.79. The molecule has 1 saturated heterocycles. The molecule has 31 heavy (non-hydrogen) atoms. The standard InChI is InChI=1S/C22H24F3N3O3/c1-26(2)10-11-27(15-16-4-3-5-18(14-16)22(23,24)25)20(29)17-6-8-19(9-7-17)28-12-13-31-21(28)30/h3-9,14H,10-13,15H2,1-2H3. The zero-order valence-corrected chi connectivity index (χ0v) is 17.4. The van der Waals surface area contributed by atoms with Gasteiger partial charge in [-0.2, -0.15) is 13.2 Å². The zero-order chi connectivity index (χ0) is 22.6. The second-order valence-corrected chi connectivity index (χ2v) is 7.54. The molecule has 166 valence electrons. The summed E-state index contributed by atoms with van der Waals surface area (Å²) in [5.41, 5.74) is 0.670. The number of anilines is 1. The van der Waals surface area contributed by atoms with Gasteiger partial charge in [-0.1, -0.05) is 12.1 Å². The molecule has 0 bridgehead atoms. The summed E-state index contributed by atoms with van der Waals surface area (Å²) in [4.78, 5) is 29.7. The lowest BCUT2D eigenvalue weighted by atomic mass is 10.1. The van der Waals surface area contributed by atoms with Gasteiger partial charge in [0.15, 0.2) is 0 Å².